The summed E-state index contributed by atoms with van der Waals surface area (Å²) < 4.78 is 44.9. The first-order valence-corrected chi connectivity index (χ1v) is 6.98. The van der Waals surface area contributed by atoms with E-state index in [1.165, 1.54) is 37.6 Å². The molecule has 0 amide bonds. The summed E-state index contributed by atoms with van der Waals surface area (Å²) in [6.45, 7) is 0. The molecule has 0 atom stereocenters. The molecule has 106 valence electrons. The highest BCUT2D eigenvalue weighted by Crippen LogP contribution is 2.24. The molecule has 0 saturated carbocycles. The van der Waals surface area contributed by atoms with Crippen molar-refractivity contribution in [1.82, 2.24) is 4.98 Å². The van der Waals surface area contributed by atoms with Crippen LogP contribution < -0.4 is 15.2 Å². The third-order valence-corrected chi connectivity index (χ3v) is 3.84. The van der Waals surface area contributed by atoms with E-state index in [4.69, 9.17) is 10.5 Å². The third kappa shape index (κ3) is 2.97. The topological polar surface area (TPSA) is 94.3 Å². The molecular formula is C12H12FN3O3S. The van der Waals surface area contributed by atoms with Gasteiger partial charge in [0.1, 0.15) is 17.4 Å². The number of methoxy groups -OCH3 is 1. The van der Waals surface area contributed by atoms with E-state index < -0.39 is 15.8 Å². The molecular weight excluding hydrogens is 285 g/mol. The molecule has 2 rings (SSSR count). The summed E-state index contributed by atoms with van der Waals surface area (Å²) in [5.41, 5.74) is 5.22. The first-order chi connectivity index (χ1) is 9.42. The molecule has 1 aromatic carbocycles. The quantitative estimate of drug-likeness (QED) is 0.894. The SMILES string of the molecule is COc1ccc(F)c(NS(=O)(=O)c2ccnc(N)c2)c1. The number of ether oxygens (including phenoxy) is 1. The van der Waals surface area contributed by atoms with Crippen molar-refractivity contribution in [3.05, 3.63) is 42.3 Å². The molecule has 0 aliphatic rings. The van der Waals surface area contributed by atoms with E-state index in [9.17, 15) is 12.8 Å². The van der Waals surface area contributed by atoms with E-state index >= 15 is 0 Å². The number of nitrogen functional groups attached to an aromatic ring is 1. The number of hydrogen-bond acceptors (Lipinski definition) is 5. The molecule has 0 aliphatic heterocycles. The van der Waals surface area contributed by atoms with Gasteiger partial charge in [-0.1, -0.05) is 0 Å². The van der Waals surface area contributed by atoms with Crippen LogP contribution in [0.5, 0.6) is 5.75 Å². The number of anilines is 2. The number of hydrogen-bond donors (Lipinski definition) is 2. The maximum absolute atomic E-state index is 13.6. The highest BCUT2D eigenvalue weighted by Gasteiger charge is 2.17. The number of pyridine rings is 1. The molecule has 0 fully saturated rings. The third-order valence-electron chi connectivity index (χ3n) is 2.48. The minimum atomic E-state index is -3.95. The number of sulfonamides is 1. The van der Waals surface area contributed by atoms with Crippen molar-refractivity contribution in [2.45, 2.75) is 4.90 Å². The molecule has 0 spiro atoms. The molecule has 2 aromatic rings. The minimum Gasteiger partial charge on any atom is -0.497 e. The molecule has 0 bridgehead atoms. The van der Waals surface area contributed by atoms with E-state index in [0.717, 1.165) is 6.07 Å². The van der Waals surface area contributed by atoms with Gasteiger partial charge in [-0.15, -0.1) is 0 Å². The Kier molecular flexibility index (Phi) is 3.75. The molecule has 8 heteroatoms. The van der Waals surface area contributed by atoms with E-state index in [1.807, 2.05) is 0 Å². The summed E-state index contributed by atoms with van der Waals surface area (Å²) in [6, 6.07) is 6.18. The van der Waals surface area contributed by atoms with Crippen molar-refractivity contribution < 1.29 is 17.5 Å². The Morgan fingerprint density at radius 2 is 2.05 bits per heavy atom. The lowest BCUT2D eigenvalue weighted by atomic mass is 10.3. The zero-order valence-electron chi connectivity index (χ0n) is 10.5. The van der Waals surface area contributed by atoms with Crippen LogP contribution in [0.3, 0.4) is 0 Å². The van der Waals surface area contributed by atoms with E-state index in [1.54, 1.807) is 0 Å². The molecule has 20 heavy (non-hydrogen) atoms. The normalized spacial score (nSPS) is 11.1. The Morgan fingerprint density at radius 1 is 1.30 bits per heavy atom. The molecule has 0 unspecified atom stereocenters. The van der Waals surface area contributed by atoms with Crippen LogP contribution in [0, 0.1) is 5.82 Å². The molecule has 0 aliphatic carbocycles. The van der Waals surface area contributed by atoms with E-state index in [-0.39, 0.29) is 16.4 Å². The Labute approximate surface area is 115 Å². The Bertz CT molecular complexity index is 734. The van der Waals surface area contributed by atoms with Crippen LogP contribution in [-0.2, 0) is 10.0 Å². The first-order valence-electron chi connectivity index (χ1n) is 5.50. The summed E-state index contributed by atoms with van der Waals surface area (Å²) >= 11 is 0. The largest absolute Gasteiger partial charge is 0.497 e. The van der Waals surface area contributed by atoms with Gasteiger partial charge < -0.3 is 10.5 Å². The number of nitrogens with zero attached hydrogens (tertiary/aromatic N) is 1. The predicted octanol–water partition coefficient (Wildman–Crippen LogP) is 1.61. The van der Waals surface area contributed by atoms with Gasteiger partial charge in [-0.25, -0.2) is 17.8 Å². The Balaban J connectivity index is 2.38. The monoisotopic (exact) mass is 297 g/mol. The molecule has 6 nitrogen and oxygen atoms in total. The first kappa shape index (κ1) is 14.1. The summed E-state index contributed by atoms with van der Waals surface area (Å²) in [5.74, 6) is -0.325. The van der Waals surface area contributed by atoms with Crippen LogP contribution in [0.1, 0.15) is 0 Å². The van der Waals surface area contributed by atoms with E-state index in [2.05, 4.69) is 9.71 Å². The van der Waals surface area contributed by atoms with Gasteiger partial charge >= 0.3 is 0 Å². The van der Waals surface area contributed by atoms with Crippen LogP contribution in [0.15, 0.2) is 41.4 Å². The highest BCUT2D eigenvalue weighted by atomic mass is 32.2. The van der Waals surface area contributed by atoms with Crippen molar-refractivity contribution in [2.75, 3.05) is 17.6 Å². The average Bonchev–Trinajstić information content (AvgIpc) is 2.41. The van der Waals surface area contributed by atoms with Gasteiger partial charge in [0.2, 0.25) is 0 Å². The van der Waals surface area contributed by atoms with Gasteiger partial charge in [0.15, 0.2) is 0 Å². The maximum atomic E-state index is 13.6. The van der Waals surface area contributed by atoms with Crippen LogP contribution in [0.25, 0.3) is 0 Å². The highest BCUT2D eigenvalue weighted by molar-refractivity contribution is 7.92. The zero-order chi connectivity index (χ0) is 14.8. The Morgan fingerprint density at radius 3 is 2.70 bits per heavy atom. The lowest BCUT2D eigenvalue weighted by Gasteiger charge is -2.10. The van der Waals surface area contributed by atoms with Gasteiger partial charge in [-0.3, -0.25) is 4.72 Å². The van der Waals surface area contributed by atoms with Crippen molar-refractivity contribution in [3.8, 4) is 5.75 Å². The molecule has 1 aromatic heterocycles. The molecule has 3 N–H and O–H groups in total. The standard InChI is InChI=1S/C12H12FN3O3S/c1-19-8-2-3-10(13)11(6-8)16-20(17,18)9-4-5-15-12(14)7-9/h2-7,16H,1H3,(H2,14,15). The number of aromatic nitrogens is 1. The number of rotatable bonds is 4. The lowest BCUT2D eigenvalue weighted by Crippen LogP contribution is -2.14. The van der Waals surface area contributed by atoms with E-state index in [0.29, 0.717) is 5.75 Å². The number of halogens is 1. The van der Waals surface area contributed by atoms with Crippen LogP contribution in [0.4, 0.5) is 15.9 Å². The van der Waals surface area contributed by atoms with Gasteiger partial charge in [0.05, 0.1) is 17.7 Å². The van der Waals surface area contributed by atoms with Crippen molar-refractivity contribution in [3.63, 3.8) is 0 Å². The van der Waals surface area contributed by atoms with Crippen LogP contribution in [-0.4, -0.2) is 20.5 Å². The van der Waals surface area contributed by atoms with Crippen molar-refractivity contribution >= 4 is 21.5 Å². The van der Waals surface area contributed by atoms with Crippen molar-refractivity contribution in [1.29, 1.82) is 0 Å². The zero-order valence-corrected chi connectivity index (χ0v) is 11.3. The van der Waals surface area contributed by atoms with Crippen LogP contribution in [0.2, 0.25) is 0 Å². The number of benzene rings is 1. The van der Waals surface area contributed by atoms with Crippen LogP contribution >= 0.6 is 0 Å². The average molecular weight is 297 g/mol. The maximum Gasteiger partial charge on any atom is 0.262 e. The van der Waals surface area contributed by atoms with Gasteiger partial charge in [0, 0.05) is 18.3 Å². The fourth-order valence-electron chi connectivity index (χ4n) is 1.51. The molecule has 0 radical (unpaired) electrons. The Hall–Kier alpha value is -2.35. The van der Waals surface area contributed by atoms with Crippen molar-refractivity contribution in [2.24, 2.45) is 0 Å². The summed E-state index contributed by atoms with van der Waals surface area (Å²) in [6.07, 6.45) is 1.26. The fraction of sp³-hybridized carbons (Fsp3) is 0.0833. The summed E-state index contributed by atoms with van der Waals surface area (Å²) in [4.78, 5) is 3.59. The second-order valence-corrected chi connectivity index (χ2v) is 5.55. The second kappa shape index (κ2) is 5.33. The fourth-order valence-corrected chi connectivity index (χ4v) is 2.59. The van der Waals surface area contributed by atoms with Gasteiger partial charge in [0.25, 0.3) is 10.0 Å². The molecule has 0 saturated heterocycles. The van der Waals surface area contributed by atoms with Gasteiger partial charge in [-0.05, 0) is 18.2 Å². The summed E-state index contributed by atoms with van der Waals surface area (Å²) in [7, 11) is -2.55. The molecule has 1 heterocycles. The lowest BCUT2D eigenvalue weighted by molar-refractivity contribution is 0.414. The number of nitrogens with two attached hydrogens (primary N) is 1. The van der Waals surface area contributed by atoms with Gasteiger partial charge in [-0.2, -0.15) is 0 Å². The number of nitrogens with one attached hydrogen (secondary N) is 1. The predicted molar refractivity (Wildman–Crippen MR) is 72.4 cm³/mol. The second-order valence-electron chi connectivity index (χ2n) is 3.87. The minimum absolute atomic E-state index is 0.0546. The summed E-state index contributed by atoms with van der Waals surface area (Å²) in [5, 5.41) is 0. The smallest absolute Gasteiger partial charge is 0.262 e.